The molecular weight excluding hydrogens is 253 g/mol. The van der Waals surface area contributed by atoms with Crippen molar-refractivity contribution in [2.75, 3.05) is 6.61 Å². The molecule has 1 rings (SSSR count). The molecule has 0 spiro atoms. The Morgan fingerprint density at radius 1 is 1.33 bits per heavy atom. The second-order valence-corrected chi connectivity index (χ2v) is 3.56. The zero-order chi connectivity index (χ0) is 13.8. The number of rotatable bonds is 5. The summed E-state index contributed by atoms with van der Waals surface area (Å²) >= 11 is 0. The number of alkyl halides is 3. The first-order chi connectivity index (χ1) is 8.30. The van der Waals surface area contributed by atoms with Gasteiger partial charge in [-0.15, -0.1) is 13.2 Å². The second kappa shape index (κ2) is 5.72. The van der Waals surface area contributed by atoms with Crippen LogP contribution >= 0.6 is 0 Å². The van der Waals surface area contributed by atoms with Crippen LogP contribution in [0.5, 0.6) is 11.5 Å². The Balaban J connectivity index is 2.90. The van der Waals surface area contributed by atoms with Gasteiger partial charge in [0, 0.05) is 11.6 Å². The van der Waals surface area contributed by atoms with Gasteiger partial charge in [0.15, 0.2) is 0 Å². The van der Waals surface area contributed by atoms with Crippen LogP contribution in [-0.2, 0) is 0 Å². The Bertz CT molecular complexity index is 415. The first-order valence-electron chi connectivity index (χ1n) is 4.97. The number of halogens is 3. The van der Waals surface area contributed by atoms with Gasteiger partial charge in [-0.05, 0) is 19.1 Å². The van der Waals surface area contributed by atoms with Crippen molar-refractivity contribution in [3.63, 3.8) is 0 Å². The van der Waals surface area contributed by atoms with Gasteiger partial charge in [-0.1, -0.05) is 0 Å². The molecule has 0 aromatic heterocycles. The van der Waals surface area contributed by atoms with Crippen LogP contribution in [0.4, 0.5) is 13.2 Å². The third-order valence-electron chi connectivity index (χ3n) is 1.76. The Labute approximate surface area is 101 Å². The molecule has 0 radical (unpaired) electrons. The number of hydrogen-bond donors (Lipinski definition) is 1. The van der Waals surface area contributed by atoms with E-state index in [1.807, 2.05) is 0 Å². The zero-order valence-corrected chi connectivity index (χ0v) is 9.40. The molecule has 18 heavy (non-hydrogen) atoms. The van der Waals surface area contributed by atoms with Crippen LogP contribution in [0.2, 0.25) is 0 Å². The average molecular weight is 264 g/mol. The monoisotopic (exact) mass is 264 g/mol. The molecule has 0 unspecified atom stereocenters. The Morgan fingerprint density at radius 3 is 2.44 bits per heavy atom. The standard InChI is InChI=1S/C11H11F3O4/c1-7(16)6-17-9-2-8(5-15)3-10(4-9)18-11(12,13)14/h2-5,7,16H,6H2,1H3/t7-/m0/s1. The largest absolute Gasteiger partial charge is 0.573 e. The van der Waals surface area contributed by atoms with E-state index in [0.29, 0.717) is 6.29 Å². The summed E-state index contributed by atoms with van der Waals surface area (Å²) < 4.78 is 44.8. The van der Waals surface area contributed by atoms with E-state index in [4.69, 9.17) is 9.84 Å². The number of benzene rings is 1. The van der Waals surface area contributed by atoms with Gasteiger partial charge >= 0.3 is 6.36 Å². The minimum absolute atomic E-state index is 0.0137. The molecule has 1 atom stereocenters. The molecule has 4 nitrogen and oxygen atoms in total. The number of hydrogen-bond acceptors (Lipinski definition) is 4. The van der Waals surface area contributed by atoms with E-state index >= 15 is 0 Å². The summed E-state index contributed by atoms with van der Waals surface area (Å²) in [6, 6.07) is 3.18. The quantitative estimate of drug-likeness (QED) is 0.828. The highest BCUT2D eigenvalue weighted by Gasteiger charge is 2.31. The summed E-state index contributed by atoms with van der Waals surface area (Å²) in [5, 5.41) is 8.99. The molecule has 0 saturated heterocycles. The smallest absolute Gasteiger partial charge is 0.491 e. The molecule has 0 aliphatic heterocycles. The molecule has 0 fully saturated rings. The van der Waals surface area contributed by atoms with Gasteiger partial charge in [-0.2, -0.15) is 0 Å². The first kappa shape index (κ1) is 14.3. The van der Waals surface area contributed by atoms with Crippen molar-refractivity contribution in [3.05, 3.63) is 23.8 Å². The van der Waals surface area contributed by atoms with Crippen LogP contribution in [-0.4, -0.2) is 30.5 Å². The van der Waals surface area contributed by atoms with Gasteiger partial charge in [0.2, 0.25) is 0 Å². The van der Waals surface area contributed by atoms with E-state index in [2.05, 4.69) is 4.74 Å². The summed E-state index contributed by atoms with van der Waals surface area (Å²) in [6.45, 7) is 1.35. The number of aliphatic hydroxyl groups excluding tert-OH is 1. The van der Waals surface area contributed by atoms with E-state index < -0.39 is 18.2 Å². The summed E-state index contributed by atoms with van der Waals surface area (Å²) in [7, 11) is 0. The maximum atomic E-state index is 12.0. The molecule has 0 amide bonds. The van der Waals surface area contributed by atoms with Crippen LogP contribution in [0, 0.1) is 0 Å². The first-order valence-corrected chi connectivity index (χ1v) is 4.97. The van der Waals surface area contributed by atoms with Crippen molar-refractivity contribution in [1.29, 1.82) is 0 Å². The maximum absolute atomic E-state index is 12.0. The molecule has 0 aliphatic carbocycles. The van der Waals surface area contributed by atoms with Crippen LogP contribution in [0.1, 0.15) is 17.3 Å². The third-order valence-corrected chi connectivity index (χ3v) is 1.76. The van der Waals surface area contributed by atoms with Crippen LogP contribution in [0.25, 0.3) is 0 Å². The molecular formula is C11H11F3O4. The lowest BCUT2D eigenvalue weighted by molar-refractivity contribution is -0.274. The molecule has 0 aliphatic rings. The van der Waals surface area contributed by atoms with Crippen molar-refractivity contribution in [3.8, 4) is 11.5 Å². The van der Waals surface area contributed by atoms with Gasteiger partial charge in [-0.3, -0.25) is 4.79 Å². The SMILES string of the molecule is C[C@H](O)COc1cc(C=O)cc(OC(F)(F)F)c1. The highest BCUT2D eigenvalue weighted by Crippen LogP contribution is 2.27. The summed E-state index contributed by atoms with van der Waals surface area (Å²) in [5.74, 6) is -0.535. The Morgan fingerprint density at radius 2 is 1.94 bits per heavy atom. The van der Waals surface area contributed by atoms with Crippen LogP contribution in [0.15, 0.2) is 18.2 Å². The van der Waals surface area contributed by atoms with Crippen molar-refractivity contribution < 1.29 is 32.5 Å². The molecule has 7 heteroatoms. The summed E-state index contributed by atoms with van der Waals surface area (Å²) in [6.07, 6.45) is -5.25. The van der Waals surface area contributed by atoms with Gasteiger partial charge in [0.1, 0.15) is 24.4 Å². The number of carbonyl (C=O) groups excluding carboxylic acids is 1. The van der Waals surface area contributed by atoms with Gasteiger partial charge in [0.05, 0.1) is 6.10 Å². The minimum Gasteiger partial charge on any atom is -0.491 e. The predicted octanol–water partition coefficient (Wildman–Crippen LogP) is 2.16. The highest BCUT2D eigenvalue weighted by molar-refractivity contribution is 5.76. The lowest BCUT2D eigenvalue weighted by atomic mass is 10.2. The van der Waals surface area contributed by atoms with E-state index in [1.165, 1.54) is 13.0 Å². The maximum Gasteiger partial charge on any atom is 0.573 e. The van der Waals surface area contributed by atoms with Crippen LogP contribution < -0.4 is 9.47 Å². The predicted molar refractivity (Wildman–Crippen MR) is 55.7 cm³/mol. The molecule has 0 bridgehead atoms. The fourth-order valence-corrected chi connectivity index (χ4v) is 1.15. The van der Waals surface area contributed by atoms with Crippen molar-refractivity contribution in [2.24, 2.45) is 0 Å². The molecule has 1 N–H and O–H groups in total. The molecule has 100 valence electrons. The van der Waals surface area contributed by atoms with Crippen molar-refractivity contribution >= 4 is 6.29 Å². The fraction of sp³-hybridized carbons (Fsp3) is 0.364. The number of carbonyl (C=O) groups is 1. The summed E-state index contributed by atoms with van der Waals surface area (Å²) in [5.41, 5.74) is -0.0163. The Kier molecular flexibility index (Phi) is 4.55. The average Bonchev–Trinajstić information content (AvgIpc) is 2.23. The van der Waals surface area contributed by atoms with Crippen molar-refractivity contribution in [2.45, 2.75) is 19.4 Å². The van der Waals surface area contributed by atoms with E-state index in [-0.39, 0.29) is 17.9 Å². The van der Waals surface area contributed by atoms with Gasteiger partial charge in [-0.25, -0.2) is 0 Å². The topological polar surface area (TPSA) is 55.8 Å². The second-order valence-electron chi connectivity index (χ2n) is 3.56. The number of aliphatic hydroxyl groups is 1. The van der Waals surface area contributed by atoms with E-state index in [1.54, 1.807) is 0 Å². The molecule has 1 aromatic carbocycles. The minimum atomic E-state index is -4.84. The molecule has 0 saturated carbocycles. The lowest BCUT2D eigenvalue weighted by Crippen LogP contribution is -2.17. The molecule has 0 heterocycles. The zero-order valence-electron chi connectivity index (χ0n) is 9.40. The summed E-state index contributed by atoms with van der Waals surface area (Å²) in [4.78, 5) is 10.6. The highest BCUT2D eigenvalue weighted by atomic mass is 19.4. The number of aldehydes is 1. The lowest BCUT2D eigenvalue weighted by Gasteiger charge is -2.12. The number of ether oxygens (including phenoxy) is 2. The molecule has 1 aromatic rings. The van der Waals surface area contributed by atoms with Crippen molar-refractivity contribution in [1.82, 2.24) is 0 Å². The fourth-order valence-electron chi connectivity index (χ4n) is 1.15. The Hall–Kier alpha value is -1.76. The van der Waals surface area contributed by atoms with Crippen LogP contribution in [0.3, 0.4) is 0 Å². The van der Waals surface area contributed by atoms with Gasteiger partial charge < -0.3 is 14.6 Å². The third kappa shape index (κ3) is 5.05. The van der Waals surface area contributed by atoms with E-state index in [0.717, 1.165) is 12.1 Å². The normalized spacial score (nSPS) is 12.9. The van der Waals surface area contributed by atoms with Gasteiger partial charge in [0.25, 0.3) is 0 Å². The van der Waals surface area contributed by atoms with E-state index in [9.17, 15) is 18.0 Å².